The maximum absolute atomic E-state index is 13.1. The highest BCUT2D eigenvalue weighted by Gasteiger charge is 2.26. The van der Waals surface area contributed by atoms with Gasteiger partial charge in [0.05, 0.1) is 18.4 Å². The smallest absolute Gasteiger partial charge is 0.262 e. The summed E-state index contributed by atoms with van der Waals surface area (Å²) in [6.07, 6.45) is 0.945. The number of amides is 1. The Labute approximate surface area is 145 Å². The fourth-order valence-corrected chi connectivity index (χ4v) is 3.96. The number of thioether (sulfide) groups is 1. The molecule has 0 saturated heterocycles. The van der Waals surface area contributed by atoms with E-state index in [9.17, 15) is 4.79 Å². The van der Waals surface area contributed by atoms with Crippen LogP contribution in [-0.2, 0) is 0 Å². The quantitative estimate of drug-likeness (QED) is 0.775. The lowest BCUT2D eigenvalue weighted by Gasteiger charge is -2.23. The lowest BCUT2D eigenvalue weighted by molar-refractivity contribution is 0.0983. The van der Waals surface area contributed by atoms with E-state index in [1.54, 1.807) is 25.3 Å². The minimum Gasteiger partial charge on any atom is -0.496 e. The molecule has 2 aromatic rings. The number of benzene rings is 2. The van der Waals surface area contributed by atoms with Gasteiger partial charge in [-0.2, -0.15) is 0 Å². The molecular weight excluding hydrogens is 330 g/mol. The predicted molar refractivity (Wildman–Crippen MR) is 96.1 cm³/mol. The number of nitrogens with zero attached hydrogens (tertiary/aromatic N) is 1. The summed E-state index contributed by atoms with van der Waals surface area (Å²) >= 11 is 7.82. The van der Waals surface area contributed by atoms with Crippen LogP contribution < -0.4 is 9.64 Å². The summed E-state index contributed by atoms with van der Waals surface area (Å²) in [6.45, 7) is 2.88. The average molecular weight is 348 g/mol. The molecule has 0 saturated carbocycles. The molecule has 120 valence electrons. The normalized spacial score (nSPS) is 17.3. The Kier molecular flexibility index (Phi) is 4.83. The summed E-state index contributed by atoms with van der Waals surface area (Å²) in [6, 6.07) is 13.2. The van der Waals surface area contributed by atoms with Gasteiger partial charge in [0.15, 0.2) is 0 Å². The molecule has 1 aliphatic rings. The molecule has 23 heavy (non-hydrogen) atoms. The third-order valence-electron chi connectivity index (χ3n) is 3.88. The number of hydrogen-bond acceptors (Lipinski definition) is 3. The van der Waals surface area contributed by atoms with Crippen LogP contribution in [0, 0.1) is 0 Å². The largest absolute Gasteiger partial charge is 0.496 e. The summed E-state index contributed by atoms with van der Waals surface area (Å²) < 4.78 is 5.34. The predicted octanol–water partition coefficient (Wildman–Crippen LogP) is 4.88. The highest BCUT2D eigenvalue weighted by atomic mass is 35.5. The van der Waals surface area contributed by atoms with Crippen molar-refractivity contribution < 1.29 is 9.53 Å². The van der Waals surface area contributed by atoms with Gasteiger partial charge >= 0.3 is 0 Å². The topological polar surface area (TPSA) is 29.5 Å². The van der Waals surface area contributed by atoms with Gasteiger partial charge in [-0.15, -0.1) is 11.8 Å². The first-order valence-corrected chi connectivity index (χ1v) is 8.77. The van der Waals surface area contributed by atoms with Crippen molar-refractivity contribution in [1.82, 2.24) is 0 Å². The van der Waals surface area contributed by atoms with E-state index in [1.165, 1.54) is 0 Å². The van der Waals surface area contributed by atoms with Crippen molar-refractivity contribution in [2.75, 3.05) is 18.6 Å². The van der Waals surface area contributed by atoms with E-state index < -0.39 is 0 Å². The van der Waals surface area contributed by atoms with E-state index in [2.05, 4.69) is 13.0 Å². The molecule has 1 heterocycles. The van der Waals surface area contributed by atoms with Crippen LogP contribution in [0.5, 0.6) is 5.75 Å². The number of anilines is 1. The van der Waals surface area contributed by atoms with E-state index in [0.29, 0.717) is 28.1 Å². The van der Waals surface area contributed by atoms with E-state index in [0.717, 1.165) is 17.0 Å². The molecule has 0 N–H and O–H groups in total. The van der Waals surface area contributed by atoms with Crippen LogP contribution in [0.15, 0.2) is 47.4 Å². The molecular formula is C18H18ClNO2S. The Morgan fingerprint density at radius 2 is 2.09 bits per heavy atom. The lowest BCUT2D eigenvalue weighted by atomic mass is 10.1. The molecule has 5 heteroatoms. The number of halogens is 1. The molecule has 0 spiro atoms. The van der Waals surface area contributed by atoms with Crippen molar-refractivity contribution in [3.05, 3.63) is 53.1 Å². The van der Waals surface area contributed by atoms with Crippen LogP contribution in [0.2, 0.25) is 5.02 Å². The molecule has 3 rings (SSSR count). The van der Waals surface area contributed by atoms with Crippen LogP contribution in [0.3, 0.4) is 0 Å². The van der Waals surface area contributed by atoms with Crippen LogP contribution in [0.1, 0.15) is 23.7 Å². The Hall–Kier alpha value is -1.65. The van der Waals surface area contributed by atoms with Gasteiger partial charge in [-0.1, -0.05) is 30.7 Å². The molecule has 1 aliphatic heterocycles. The minimum absolute atomic E-state index is 0.0549. The summed E-state index contributed by atoms with van der Waals surface area (Å²) in [5.41, 5.74) is 1.50. The second-order valence-electron chi connectivity index (χ2n) is 5.49. The second-order valence-corrected chi connectivity index (χ2v) is 7.40. The zero-order chi connectivity index (χ0) is 16.4. The first kappa shape index (κ1) is 16.2. The maximum atomic E-state index is 13.1. The number of carbonyl (C=O) groups excluding carboxylic acids is 1. The zero-order valence-corrected chi connectivity index (χ0v) is 14.7. The van der Waals surface area contributed by atoms with Crippen molar-refractivity contribution in [1.29, 1.82) is 0 Å². The van der Waals surface area contributed by atoms with Gasteiger partial charge in [0.1, 0.15) is 5.75 Å². The van der Waals surface area contributed by atoms with Gasteiger partial charge in [-0.05, 0) is 36.8 Å². The minimum atomic E-state index is -0.0549. The van der Waals surface area contributed by atoms with Crippen LogP contribution in [-0.4, -0.2) is 24.8 Å². The standard InChI is InChI=1S/C18H18ClNO2S/c1-12-9-10-20(15-5-3-4-6-17(15)23-12)18(21)14-8-7-13(19)11-16(14)22-2/h3-8,11-12H,9-10H2,1-2H3. The van der Waals surface area contributed by atoms with Gasteiger partial charge in [-0.3, -0.25) is 4.79 Å². The molecule has 0 bridgehead atoms. The number of rotatable bonds is 2. The number of carbonyl (C=O) groups is 1. The Morgan fingerprint density at radius 1 is 1.30 bits per heavy atom. The van der Waals surface area contributed by atoms with Crippen molar-refractivity contribution in [3.63, 3.8) is 0 Å². The van der Waals surface area contributed by atoms with Crippen molar-refractivity contribution in [3.8, 4) is 5.75 Å². The van der Waals surface area contributed by atoms with Gasteiger partial charge < -0.3 is 9.64 Å². The van der Waals surface area contributed by atoms with E-state index >= 15 is 0 Å². The fraction of sp³-hybridized carbons (Fsp3) is 0.278. The zero-order valence-electron chi connectivity index (χ0n) is 13.1. The third-order valence-corrected chi connectivity index (χ3v) is 5.35. The maximum Gasteiger partial charge on any atom is 0.262 e. The highest BCUT2D eigenvalue weighted by Crippen LogP contribution is 2.38. The molecule has 0 aliphatic carbocycles. The summed E-state index contributed by atoms with van der Waals surface area (Å²) in [5, 5.41) is 1.03. The first-order valence-electron chi connectivity index (χ1n) is 7.51. The van der Waals surface area contributed by atoms with Crippen molar-refractivity contribution in [2.24, 2.45) is 0 Å². The molecule has 0 radical (unpaired) electrons. The molecule has 1 atom stereocenters. The highest BCUT2D eigenvalue weighted by molar-refractivity contribution is 8.00. The second kappa shape index (κ2) is 6.85. The summed E-state index contributed by atoms with van der Waals surface area (Å²) in [5.74, 6) is 0.450. The first-order chi connectivity index (χ1) is 11.1. The molecule has 0 aromatic heterocycles. The van der Waals surface area contributed by atoms with E-state index in [-0.39, 0.29) is 5.91 Å². The average Bonchev–Trinajstić information content (AvgIpc) is 2.72. The Balaban J connectivity index is 2.02. The van der Waals surface area contributed by atoms with E-state index in [4.69, 9.17) is 16.3 Å². The van der Waals surface area contributed by atoms with Crippen LogP contribution in [0.4, 0.5) is 5.69 Å². The van der Waals surface area contributed by atoms with Crippen molar-refractivity contribution in [2.45, 2.75) is 23.5 Å². The van der Waals surface area contributed by atoms with Gasteiger partial charge in [0.25, 0.3) is 5.91 Å². The monoisotopic (exact) mass is 347 g/mol. The number of ether oxygens (including phenoxy) is 1. The molecule has 0 fully saturated rings. The summed E-state index contributed by atoms with van der Waals surface area (Å²) in [4.78, 5) is 16.1. The number of para-hydroxylation sites is 1. The van der Waals surface area contributed by atoms with Gasteiger partial charge in [0.2, 0.25) is 0 Å². The van der Waals surface area contributed by atoms with Crippen LogP contribution >= 0.6 is 23.4 Å². The molecule has 1 amide bonds. The number of fused-ring (bicyclic) bond motifs is 1. The Bertz CT molecular complexity index is 735. The van der Waals surface area contributed by atoms with Crippen molar-refractivity contribution >= 4 is 35.0 Å². The molecule has 3 nitrogen and oxygen atoms in total. The van der Waals surface area contributed by atoms with Gasteiger partial charge in [0, 0.05) is 21.7 Å². The fourth-order valence-electron chi connectivity index (χ4n) is 2.68. The Morgan fingerprint density at radius 3 is 2.87 bits per heavy atom. The van der Waals surface area contributed by atoms with E-state index in [1.807, 2.05) is 34.9 Å². The van der Waals surface area contributed by atoms with Crippen LogP contribution in [0.25, 0.3) is 0 Å². The molecule has 1 unspecified atom stereocenters. The van der Waals surface area contributed by atoms with Gasteiger partial charge in [-0.25, -0.2) is 0 Å². The molecule has 2 aromatic carbocycles. The summed E-state index contributed by atoms with van der Waals surface area (Å²) in [7, 11) is 1.55. The third kappa shape index (κ3) is 3.33. The number of methoxy groups -OCH3 is 1. The number of hydrogen-bond donors (Lipinski definition) is 0. The lowest BCUT2D eigenvalue weighted by Crippen LogP contribution is -2.32. The SMILES string of the molecule is COc1cc(Cl)ccc1C(=O)N1CCC(C)Sc2ccccc21.